The van der Waals surface area contributed by atoms with Crippen molar-refractivity contribution in [1.82, 2.24) is 9.80 Å². The molecule has 0 spiro atoms. The van der Waals surface area contributed by atoms with Gasteiger partial charge < -0.3 is 9.80 Å². The number of amides is 1. The molecule has 2 aliphatic rings. The van der Waals surface area contributed by atoms with E-state index in [4.69, 9.17) is 11.6 Å². The molecule has 0 bridgehead atoms. The minimum Gasteiger partial charge on any atom is -0.337 e. The molecule has 0 radical (unpaired) electrons. The van der Waals surface area contributed by atoms with Crippen molar-refractivity contribution in [3.63, 3.8) is 0 Å². The summed E-state index contributed by atoms with van der Waals surface area (Å²) in [6, 6.07) is 17.3. The van der Waals surface area contributed by atoms with Gasteiger partial charge in [0.2, 0.25) is 0 Å². The highest BCUT2D eigenvalue weighted by atomic mass is 35.5. The van der Waals surface area contributed by atoms with Crippen LogP contribution in [-0.4, -0.2) is 56.8 Å². The van der Waals surface area contributed by atoms with Crippen molar-refractivity contribution >= 4 is 44.0 Å². The molecule has 6 nitrogen and oxygen atoms in total. The Labute approximate surface area is 205 Å². The molecule has 3 aromatic rings. The zero-order valence-corrected chi connectivity index (χ0v) is 20.5. The van der Waals surface area contributed by atoms with Gasteiger partial charge in [-0.1, -0.05) is 41.9 Å². The van der Waals surface area contributed by atoms with Crippen molar-refractivity contribution in [2.24, 2.45) is 5.92 Å². The molecule has 1 heterocycles. The molecule has 0 atom stereocenters. The average Bonchev–Trinajstić information content (AvgIpc) is 3.67. The molecule has 34 heavy (non-hydrogen) atoms. The summed E-state index contributed by atoms with van der Waals surface area (Å²) in [6.45, 7) is 4.29. The summed E-state index contributed by atoms with van der Waals surface area (Å²) >= 11 is 6.38. The van der Waals surface area contributed by atoms with E-state index in [1.807, 2.05) is 29.2 Å². The first-order valence-corrected chi connectivity index (χ1v) is 13.6. The van der Waals surface area contributed by atoms with Crippen molar-refractivity contribution in [2.75, 3.05) is 37.4 Å². The quantitative estimate of drug-likeness (QED) is 0.528. The summed E-state index contributed by atoms with van der Waals surface area (Å²) in [4.78, 5) is 17.7. The minimum atomic E-state index is -3.83. The number of hydrogen-bond acceptors (Lipinski definition) is 4. The van der Waals surface area contributed by atoms with Crippen molar-refractivity contribution in [3.8, 4) is 0 Å². The maximum atomic E-state index is 13.3. The molecule has 1 amide bonds. The molecule has 1 N–H and O–H groups in total. The van der Waals surface area contributed by atoms with Crippen LogP contribution in [0.25, 0.3) is 10.8 Å². The zero-order chi connectivity index (χ0) is 23.7. The van der Waals surface area contributed by atoms with Crippen LogP contribution in [0.2, 0.25) is 5.02 Å². The lowest BCUT2D eigenvalue weighted by atomic mass is 10.1. The number of sulfonamides is 1. The maximum Gasteiger partial charge on any atom is 0.261 e. The lowest BCUT2D eigenvalue weighted by Crippen LogP contribution is -2.35. The van der Waals surface area contributed by atoms with Gasteiger partial charge in [0.15, 0.2) is 0 Å². The van der Waals surface area contributed by atoms with Gasteiger partial charge in [0.05, 0.1) is 15.5 Å². The van der Waals surface area contributed by atoms with Crippen LogP contribution in [0.3, 0.4) is 0 Å². The second-order valence-corrected chi connectivity index (χ2v) is 11.3. The summed E-state index contributed by atoms with van der Waals surface area (Å²) in [7, 11) is -3.83. The number of hydrogen-bond donors (Lipinski definition) is 1. The predicted molar refractivity (Wildman–Crippen MR) is 136 cm³/mol. The average molecular weight is 498 g/mol. The van der Waals surface area contributed by atoms with Gasteiger partial charge in [0, 0.05) is 31.9 Å². The van der Waals surface area contributed by atoms with E-state index in [0.717, 1.165) is 42.7 Å². The smallest absolute Gasteiger partial charge is 0.261 e. The van der Waals surface area contributed by atoms with E-state index in [9.17, 15) is 13.2 Å². The third-order valence-electron chi connectivity index (χ3n) is 6.57. The fourth-order valence-corrected chi connectivity index (χ4v) is 5.78. The summed E-state index contributed by atoms with van der Waals surface area (Å²) in [5, 5.41) is 2.13. The van der Waals surface area contributed by atoms with Crippen LogP contribution in [0.1, 0.15) is 29.6 Å². The molecular weight excluding hydrogens is 470 g/mol. The van der Waals surface area contributed by atoms with Crippen molar-refractivity contribution in [1.29, 1.82) is 0 Å². The van der Waals surface area contributed by atoms with Crippen LogP contribution in [0, 0.1) is 5.92 Å². The zero-order valence-electron chi connectivity index (χ0n) is 18.9. The van der Waals surface area contributed by atoms with Gasteiger partial charge in [-0.05, 0) is 72.8 Å². The molecule has 178 valence electrons. The SMILES string of the molecule is O=C(c1cc(NS(=O)(=O)c2ccc3ccccc3c2)ccc1Cl)N1CCCN(CC2CC2)CC1. The molecule has 1 saturated heterocycles. The Kier molecular flexibility index (Phi) is 6.51. The molecule has 1 aliphatic carbocycles. The molecule has 5 rings (SSSR count). The normalized spacial score (nSPS) is 17.5. The Morgan fingerprint density at radius 3 is 2.53 bits per heavy atom. The monoisotopic (exact) mass is 497 g/mol. The Morgan fingerprint density at radius 1 is 0.941 bits per heavy atom. The van der Waals surface area contributed by atoms with Crippen LogP contribution in [0.15, 0.2) is 65.6 Å². The molecule has 2 fully saturated rings. The Balaban J connectivity index is 1.33. The van der Waals surface area contributed by atoms with E-state index in [2.05, 4.69) is 9.62 Å². The van der Waals surface area contributed by atoms with Gasteiger partial charge >= 0.3 is 0 Å². The highest BCUT2D eigenvalue weighted by molar-refractivity contribution is 7.92. The fraction of sp³-hybridized carbons (Fsp3) is 0.346. The standard InChI is InChI=1S/C26H28ClN3O3S/c27-25-11-9-22(28-34(32,33)23-10-8-20-4-1-2-5-21(20)16-23)17-24(25)26(31)30-13-3-12-29(14-15-30)18-19-6-7-19/h1-2,4-5,8-11,16-17,19,28H,3,6-7,12-15,18H2. The number of carbonyl (C=O) groups is 1. The Hall–Kier alpha value is -2.61. The topological polar surface area (TPSA) is 69.7 Å². The van der Waals surface area contributed by atoms with E-state index < -0.39 is 10.0 Å². The van der Waals surface area contributed by atoms with Crippen LogP contribution in [0.5, 0.6) is 0 Å². The minimum absolute atomic E-state index is 0.162. The molecular formula is C26H28ClN3O3S. The molecule has 1 aliphatic heterocycles. The Morgan fingerprint density at radius 2 is 1.74 bits per heavy atom. The van der Waals surface area contributed by atoms with Gasteiger partial charge in [-0.15, -0.1) is 0 Å². The van der Waals surface area contributed by atoms with Gasteiger partial charge in [-0.25, -0.2) is 8.42 Å². The lowest BCUT2D eigenvalue weighted by molar-refractivity contribution is 0.0761. The van der Waals surface area contributed by atoms with Crippen LogP contribution >= 0.6 is 11.6 Å². The van der Waals surface area contributed by atoms with Crippen molar-refractivity contribution in [2.45, 2.75) is 24.2 Å². The highest BCUT2D eigenvalue weighted by Gasteiger charge is 2.27. The molecule has 8 heteroatoms. The van der Waals surface area contributed by atoms with E-state index in [-0.39, 0.29) is 10.8 Å². The van der Waals surface area contributed by atoms with Crippen molar-refractivity contribution < 1.29 is 13.2 Å². The van der Waals surface area contributed by atoms with E-state index in [1.54, 1.807) is 30.3 Å². The lowest BCUT2D eigenvalue weighted by Gasteiger charge is -2.22. The number of nitrogens with one attached hydrogen (secondary N) is 1. The third-order valence-corrected chi connectivity index (χ3v) is 8.28. The first kappa shape index (κ1) is 23.1. The second-order valence-electron chi connectivity index (χ2n) is 9.20. The van der Waals surface area contributed by atoms with Gasteiger partial charge in [0.1, 0.15) is 0 Å². The highest BCUT2D eigenvalue weighted by Crippen LogP contribution is 2.30. The summed E-state index contributed by atoms with van der Waals surface area (Å²) < 4.78 is 28.7. The molecule has 0 unspecified atom stereocenters. The van der Waals surface area contributed by atoms with E-state index in [1.165, 1.54) is 18.9 Å². The first-order chi connectivity index (χ1) is 16.4. The largest absolute Gasteiger partial charge is 0.337 e. The maximum absolute atomic E-state index is 13.3. The van der Waals surface area contributed by atoms with Gasteiger partial charge in [-0.2, -0.15) is 0 Å². The number of nitrogens with zero attached hydrogens (tertiary/aromatic N) is 2. The molecule has 3 aromatic carbocycles. The summed E-state index contributed by atoms with van der Waals surface area (Å²) in [5.74, 6) is 0.661. The van der Waals surface area contributed by atoms with Crippen LogP contribution in [-0.2, 0) is 10.0 Å². The van der Waals surface area contributed by atoms with Crippen LogP contribution in [0.4, 0.5) is 5.69 Å². The number of anilines is 1. The van der Waals surface area contributed by atoms with Gasteiger partial charge in [-0.3, -0.25) is 9.52 Å². The number of rotatable bonds is 6. The predicted octanol–water partition coefficient (Wildman–Crippen LogP) is 4.85. The van der Waals surface area contributed by atoms with Crippen molar-refractivity contribution in [3.05, 3.63) is 71.2 Å². The van der Waals surface area contributed by atoms with E-state index >= 15 is 0 Å². The van der Waals surface area contributed by atoms with E-state index in [0.29, 0.717) is 29.4 Å². The van der Waals surface area contributed by atoms with Crippen LogP contribution < -0.4 is 4.72 Å². The Bertz CT molecular complexity index is 1320. The summed E-state index contributed by atoms with van der Waals surface area (Å²) in [5.41, 5.74) is 0.627. The summed E-state index contributed by atoms with van der Waals surface area (Å²) in [6.07, 6.45) is 3.55. The second kappa shape index (κ2) is 9.56. The molecule has 1 saturated carbocycles. The number of fused-ring (bicyclic) bond motifs is 1. The number of benzene rings is 3. The number of halogens is 1. The fourth-order valence-electron chi connectivity index (χ4n) is 4.49. The van der Waals surface area contributed by atoms with Gasteiger partial charge in [0.25, 0.3) is 15.9 Å². The third kappa shape index (κ3) is 5.22. The molecule has 0 aromatic heterocycles. The number of carbonyl (C=O) groups excluding carboxylic acids is 1. The first-order valence-electron chi connectivity index (χ1n) is 11.7.